The minimum Gasteiger partial charge on any atom is -0.142 e. The Labute approximate surface area is 84.2 Å². The first kappa shape index (κ1) is 10.0. The molecule has 0 saturated heterocycles. The van der Waals surface area contributed by atoms with Crippen LogP contribution in [0.3, 0.4) is 0 Å². The molecule has 2 heteroatoms. The van der Waals surface area contributed by atoms with Gasteiger partial charge >= 0.3 is 0 Å². The molecule has 0 fully saturated rings. The lowest BCUT2D eigenvalue weighted by atomic mass is 10.3. The molecule has 1 aromatic carbocycles. The van der Waals surface area contributed by atoms with Crippen LogP contribution in [0, 0.1) is 0 Å². The van der Waals surface area contributed by atoms with Crippen molar-refractivity contribution < 1.29 is 0 Å². The number of benzene rings is 1. The standard InChI is InChI=1S/C10H14S2/c1-10(2,3)12-9-7-5-4-6-8(9)11/h4-7,11H,1-3H3. The Bertz CT molecular complexity index is 261. The van der Waals surface area contributed by atoms with E-state index in [4.69, 9.17) is 0 Å². The zero-order valence-electron chi connectivity index (χ0n) is 7.66. The summed E-state index contributed by atoms with van der Waals surface area (Å²) in [4.78, 5) is 2.32. The Morgan fingerprint density at radius 3 is 2.25 bits per heavy atom. The van der Waals surface area contributed by atoms with E-state index in [1.807, 2.05) is 30.0 Å². The van der Waals surface area contributed by atoms with Crippen LogP contribution in [0.5, 0.6) is 0 Å². The summed E-state index contributed by atoms with van der Waals surface area (Å²) in [7, 11) is 0. The molecule has 0 aliphatic heterocycles. The van der Waals surface area contributed by atoms with E-state index in [1.54, 1.807) is 0 Å². The molecule has 0 aliphatic carbocycles. The monoisotopic (exact) mass is 198 g/mol. The first-order chi connectivity index (χ1) is 5.49. The van der Waals surface area contributed by atoms with E-state index in [0.29, 0.717) is 0 Å². The smallest absolute Gasteiger partial charge is 0.0211 e. The van der Waals surface area contributed by atoms with Crippen molar-refractivity contribution >= 4 is 24.4 Å². The van der Waals surface area contributed by atoms with Crippen LogP contribution in [0.2, 0.25) is 0 Å². The third-order valence-corrected chi connectivity index (χ3v) is 3.01. The highest BCUT2D eigenvalue weighted by molar-refractivity contribution is 8.01. The molecule has 0 saturated carbocycles. The van der Waals surface area contributed by atoms with Crippen molar-refractivity contribution in [2.45, 2.75) is 35.3 Å². The van der Waals surface area contributed by atoms with Gasteiger partial charge in [0.2, 0.25) is 0 Å². The highest BCUT2D eigenvalue weighted by Gasteiger charge is 2.12. The molecule has 0 atom stereocenters. The Balaban J connectivity index is 2.83. The SMILES string of the molecule is CC(C)(C)Sc1ccccc1S. The summed E-state index contributed by atoms with van der Waals surface area (Å²) in [5.74, 6) is 0. The normalized spacial score (nSPS) is 11.7. The average molecular weight is 198 g/mol. The molecule has 0 unspecified atom stereocenters. The summed E-state index contributed by atoms with van der Waals surface area (Å²) < 4.78 is 0.263. The fourth-order valence-corrected chi connectivity index (χ4v) is 2.15. The fraction of sp³-hybridized carbons (Fsp3) is 0.400. The van der Waals surface area contributed by atoms with Gasteiger partial charge < -0.3 is 0 Å². The number of hydrogen-bond acceptors (Lipinski definition) is 2. The maximum Gasteiger partial charge on any atom is 0.0211 e. The van der Waals surface area contributed by atoms with Crippen molar-refractivity contribution in [2.75, 3.05) is 0 Å². The lowest BCUT2D eigenvalue weighted by Crippen LogP contribution is -2.06. The number of thioether (sulfide) groups is 1. The van der Waals surface area contributed by atoms with Crippen LogP contribution >= 0.6 is 24.4 Å². The van der Waals surface area contributed by atoms with E-state index in [0.717, 1.165) is 4.90 Å². The predicted octanol–water partition coefficient (Wildman–Crippen LogP) is 3.87. The van der Waals surface area contributed by atoms with E-state index in [-0.39, 0.29) is 4.75 Å². The molecule has 0 bridgehead atoms. The van der Waals surface area contributed by atoms with Gasteiger partial charge in [-0.2, -0.15) is 0 Å². The highest BCUT2D eigenvalue weighted by Crippen LogP contribution is 2.35. The Morgan fingerprint density at radius 2 is 1.75 bits per heavy atom. The molecule has 0 aromatic heterocycles. The lowest BCUT2D eigenvalue weighted by Gasteiger charge is -2.18. The van der Waals surface area contributed by atoms with Gasteiger partial charge in [-0.1, -0.05) is 32.9 Å². The summed E-state index contributed by atoms with van der Waals surface area (Å²) in [5.41, 5.74) is 0. The zero-order chi connectivity index (χ0) is 9.19. The van der Waals surface area contributed by atoms with E-state index < -0.39 is 0 Å². The topological polar surface area (TPSA) is 0 Å². The molecule has 12 heavy (non-hydrogen) atoms. The van der Waals surface area contributed by atoms with Crippen LogP contribution in [-0.4, -0.2) is 4.75 Å². The van der Waals surface area contributed by atoms with E-state index >= 15 is 0 Å². The fourth-order valence-electron chi connectivity index (χ4n) is 0.873. The molecule has 0 heterocycles. The predicted molar refractivity (Wildman–Crippen MR) is 59.3 cm³/mol. The van der Waals surface area contributed by atoms with Gasteiger partial charge in [0.15, 0.2) is 0 Å². The Hall–Kier alpha value is -0.0800. The first-order valence-electron chi connectivity index (χ1n) is 3.96. The molecule has 0 spiro atoms. The second kappa shape index (κ2) is 3.75. The number of rotatable bonds is 1. The maximum atomic E-state index is 4.39. The number of thiol groups is 1. The molecule has 1 aromatic rings. The number of hydrogen-bond donors (Lipinski definition) is 1. The highest BCUT2D eigenvalue weighted by atomic mass is 32.2. The molecular formula is C10H14S2. The van der Waals surface area contributed by atoms with Crippen molar-refractivity contribution in [1.29, 1.82) is 0 Å². The lowest BCUT2D eigenvalue weighted by molar-refractivity contribution is 0.801. The van der Waals surface area contributed by atoms with Crippen LogP contribution in [0.25, 0.3) is 0 Å². The minimum atomic E-state index is 0.263. The zero-order valence-corrected chi connectivity index (χ0v) is 9.38. The van der Waals surface area contributed by atoms with Crippen molar-refractivity contribution in [3.8, 4) is 0 Å². The second-order valence-corrected chi connectivity index (χ2v) is 6.03. The third-order valence-electron chi connectivity index (χ3n) is 1.28. The third kappa shape index (κ3) is 3.11. The van der Waals surface area contributed by atoms with Gasteiger partial charge in [-0.15, -0.1) is 24.4 Å². The van der Waals surface area contributed by atoms with Gasteiger partial charge in [-0.25, -0.2) is 0 Å². The summed E-state index contributed by atoms with van der Waals surface area (Å²) in [6.45, 7) is 6.62. The minimum absolute atomic E-state index is 0.263. The van der Waals surface area contributed by atoms with Gasteiger partial charge in [0.25, 0.3) is 0 Å². The first-order valence-corrected chi connectivity index (χ1v) is 5.22. The molecule has 1 rings (SSSR count). The van der Waals surface area contributed by atoms with Crippen molar-refractivity contribution in [3.63, 3.8) is 0 Å². The summed E-state index contributed by atoms with van der Waals surface area (Å²) in [6, 6.07) is 8.19. The van der Waals surface area contributed by atoms with Gasteiger partial charge in [0.05, 0.1) is 0 Å². The summed E-state index contributed by atoms with van der Waals surface area (Å²) >= 11 is 6.24. The van der Waals surface area contributed by atoms with E-state index in [1.165, 1.54) is 4.90 Å². The van der Waals surface area contributed by atoms with Gasteiger partial charge in [-0.05, 0) is 12.1 Å². The molecule has 66 valence electrons. The molecule has 0 nitrogen and oxygen atoms in total. The molecule has 0 N–H and O–H groups in total. The molecule has 0 aliphatic rings. The Morgan fingerprint density at radius 1 is 1.17 bits per heavy atom. The average Bonchev–Trinajstić information content (AvgIpc) is 1.91. The maximum absolute atomic E-state index is 4.39. The molecule has 0 amide bonds. The van der Waals surface area contributed by atoms with Crippen LogP contribution in [-0.2, 0) is 0 Å². The largest absolute Gasteiger partial charge is 0.142 e. The van der Waals surface area contributed by atoms with E-state index in [2.05, 4.69) is 39.5 Å². The summed E-state index contributed by atoms with van der Waals surface area (Å²) in [6.07, 6.45) is 0. The summed E-state index contributed by atoms with van der Waals surface area (Å²) in [5, 5.41) is 0. The van der Waals surface area contributed by atoms with Gasteiger partial charge in [0, 0.05) is 14.5 Å². The van der Waals surface area contributed by atoms with E-state index in [9.17, 15) is 0 Å². The van der Waals surface area contributed by atoms with Crippen LogP contribution < -0.4 is 0 Å². The van der Waals surface area contributed by atoms with Crippen LogP contribution in [0.4, 0.5) is 0 Å². The van der Waals surface area contributed by atoms with Crippen LogP contribution in [0.15, 0.2) is 34.1 Å². The Kier molecular flexibility index (Phi) is 3.13. The van der Waals surface area contributed by atoms with Crippen molar-refractivity contribution in [3.05, 3.63) is 24.3 Å². The molecular weight excluding hydrogens is 184 g/mol. The van der Waals surface area contributed by atoms with Crippen molar-refractivity contribution in [1.82, 2.24) is 0 Å². The molecule has 0 radical (unpaired) electrons. The van der Waals surface area contributed by atoms with Crippen molar-refractivity contribution in [2.24, 2.45) is 0 Å². The van der Waals surface area contributed by atoms with Gasteiger partial charge in [-0.3, -0.25) is 0 Å². The van der Waals surface area contributed by atoms with Gasteiger partial charge in [0.1, 0.15) is 0 Å². The quantitative estimate of drug-likeness (QED) is 0.528. The van der Waals surface area contributed by atoms with Crippen LogP contribution in [0.1, 0.15) is 20.8 Å². The second-order valence-electron chi connectivity index (χ2n) is 3.68.